The van der Waals surface area contributed by atoms with Crippen LogP contribution in [0.1, 0.15) is 15.9 Å². The number of aromatic nitrogens is 1. The van der Waals surface area contributed by atoms with Crippen molar-refractivity contribution in [3.8, 4) is 5.75 Å². The molecule has 0 spiro atoms. The molecule has 18 heavy (non-hydrogen) atoms. The zero-order chi connectivity index (χ0) is 13.0. The average Bonchev–Trinajstić information content (AvgIpc) is 2.40. The van der Waals surface area contributed by atoms with E-state index in [0.717, 1.165) is 5.56 Å². The highest BCUT2D eigenvalue weighted by atomic mass is 35.5. The molecule has 0 saturated heterocycles. The van der Waals surface area contributed by atoms with Crippen LogP contribution in [-0.2, 0) is 0 Å². The summed E-state index contributed by atoms with van der Waals surface area (Å²) >= 11 is 5.78. The number of carbonyl (C=O) groups excluding carboxylic acids is 1. The lowest BCUT2D eigenvalue weighted by molar-refractivity contribution is 0.104. The summed E-state index contributed by atoms with van der Waals surface area (Å²) in [6, 6.07) is 7.93. The van der Waals surface area contributed by atoms with Crippen LogP contribution in [0.15, 0.2) is 48.8 Å². The Morgan fingerprint density at radius 2 is 1.94 bits per heavy atom. The maximum Gasteiger partial charge on any atom is 0.189 e. The van der Waals surface area contributed by atoms with E-state index in [1.807, 2.05) is 0 Å². The standard InChI is InChI=1S/C14H10ClNO2/c15-11-2-4-14(18)12(9-11)13(17)3-1-10-5-7-16-8-6-10/h1-9,18H/b3-1+. The third-order valence-corrected chi connectivity index (χ3v) is 2.59. The average molecular weight is 260 g/mol. The van der Waals surface area contributed by atoms with Crippen LogP contribution in [0.3, 0.4) is 0 Å². The number of rotatable bonds is 3. The molecule has 0 fully saturated rings. The van der Waals surface area contributed by atoms with E-state index < -0.39 is 0 Å². The van der Waals surface area contributed by atoms with Gasteiger partial charge in [-0.2, -0.15) is 0 Å². The van der Waals surface area contributed by atoms with Gasteiger partial charge in [0.1, 0.15) is 5.75 Å². The number of phenolic OH excluding ortho intramolecular Hbond substituents is 1. The Morgan fingerprint density at radius 1 is 1.22 bits per heavy atom. The van der Waals surface area contributed by atoms with Crippen molar-refractivity contribution in [3.05, 3.63) is 65.0 Å². The van der Waals surface area contributed by atoms with Crippen molar-refractivity contribution in [3.63, 3.8) is 0 Å². The van der Waals surface area contributed by atoms with Gasteiger partial charge in [0.05, 0.1) is 5.56 Å². The van der Waals surface area contributed by atoms with Crippen molar-refractivity contribution in [1.82, 2.24) is 4.98 Å². The number of hydrogen-bond donors (Lipinski definition) is 1. The molecule has 1 heterocycles. The molecule has 0 aliphatic carbocycles. The Hall–Kier alpha value is -2.13. The quantitative estimate of drug-likeness (QED) is 0.679. The van der Waals surface area contributed by atoms with Crippen molar-refractivity contribution in [2.45, 2.75) is 0 Å². The van der Waals surface area contributed by atoms with Crippen LogP contribution in [0, 0.1) is 0 Å². The molecule has 0 atom stereocenters. The fourth-order valence-electron chi connectivity index (χ4n) is 1.44. The molecule has 0 radical (unpaired) electrons. The van der Waals surface area contributed by atoms with Crippen molar-refractivity contribution >= 4 is 23.5 Å². The van der Waals surface area contributed by atoms with Crippen LogP contribution in [0.5, 0.6) is 5.75 Å². The molecule has 0 saturated carbocycles. The Labute approximate surface area is 109 Å². The van der Waals surface area contributed by atoms with Crippen LogP contribution in [0.2, 0.25) is 5.02 Å². The Balaban J connectivity index is 2.22. The molecule has 0 unspecified atom stereocenters. The molecular formula is C14H10ClNO2. The predicted octanol–water partition coefficient (Wildman–Crippen LogP) is 3.34. The lowest BCUT2D eigenvalue weighted by Crippen LogP contribution is -1.94. The van der Waals surface area contributed by atoms with E-state index in [-0.39, 0.29) is 17.1 Å². The summed E-state index contributed by atoms with van der Waals surface area (Å²) < 4.78 is 0. The van der Waals surface area contributed by atoms with E-state index in [1.54, 1.807) is 30.6 Å². The van der Waals surface area contributed by atoms with E-state index >= 15 is 0 Å². The number of carbonyl (C=O) groups is 1. The number of allylic oxidation sites excluding steroid dienone is 1. The van der Waals surface area contributed by atoms with Crippen molar-refractivity contribution < 1.29 is 9.90 Å². The van der Waals surface area contributed by atoms with Gasteiger partial charge in [0, 0.05) is 17.4 Å². The maximum atomic E-state index is 11.9. The fraction of sp³-hybridized carbons (Fsp3) is 0. The van der Waals surface area contributed by atoms with Crippen LogP contribution >= 0.6 is 11.6 Å². The molecular weight excluding hydrogens is 250 g/mol. The third kappa shape index (κ3) is 2.96. The number of aromatic hydroxyl groups is 1. The van der Waals surface area contributed by atoms with Gasteiger partial charge in [-0.25, -0.2) is 0 Å². The Kier molecular flexibility index (Phi) is 3.75. The van der Waals surface area contributed by atoms with Gasteiger partial charge < -0.3 is 5.11 Å². The minimum absolute atomic E-state index is 0.0798. The fourth-order valence-corrected chi connectivity index (χ4v) is 1.61. The van der Waals surface area contributed by atoms with Crippen LogP contribution in [-0.4, -0.2) is 15.9 Å². The monoisotopic (exact) mass is 259 g/mol. The largest absolute Gasteiger partial charge is 0.507 e. The van der Waals surface area contributed by atoms with E-state index in [4.69, 9.17) is 11.6 Å². The molecule has 2 rings (SSSR count). The second-order valence-corrected chi connectivity index (χ2v) is 4.08. The minimum Gasteiger partial charge on any atom is -0.507 e. The highest BCUT2D eigenvalue weighted by Crippen LogP contribution is 2.22. The summed E-state index contributed by atoms with van der Waals surface area (Å²) in [7, 11) is 0. The number of halogens is 1. The van der Waals surface area contributed by atoms with E-state index in [0.29, 0.717) is 5.02 Å². The lowest BCUT2D eigenvalue weighted by Gasteiger charge is -2.00. The first-order valence-electron chi connectivity index (χ1n) is 5.28. The summed E-state index contributed by atoms with van der Waals surface area (Å²) in [5.74, 6) is -0.379. The highest BCUT2D eigenvalue weighted by molar-refractivity contribution is 6.31. The molecule has 1 N–H and O–H groups in total. The second kappa shape index (κ2) is 5.47. The maximum absolute atomic E-state index is 11.9. The first-order chi connectivity index (χ1) is 8.66. The lowest BCUT2D eigenvalue weighted by atomic mass is 10.1. The molecule has 0 aliphatic rings. The van der Waals surface area contributed by atoms with Gasteiger partial charge in [-0.05, 0) is 42.0 Å². The van der Waals surface area contributed by atoms with Gasteiger partial charge in [-0.1, -0.05) is 17.7 Å². The van der Waals surface area contributed by atoms with Gasteiger partial charge in [0.15, 0.2) is 5.78 Å². The molecule has 1 aromatic heterocycles. The number of ketones is 1. The van der Waals surface area contributed by atoms with Gasteiger partial charge in [-0.3, -0.25) is 9.78 Å². The smallest absolute Gasteiger partial charge is 0.189 e. The number of benzene rings is 1. The Bertz CT molecular complexity index is 594. The molecule has 0 amide bonds. The zero-order valence-electron chi connectivity index (χ0n) is 9.38. The molecule has 0 bridgehead atoms. The highest BCUT2D eigenvalue weighted by Gasteiger charge is 2.08. The van der Waals surface area contributed by atoms with Gasteiger partial charge in [0.2, 0.25) is 0 Å². The van der Waals surface area contributed by atoms with Crippen molar-refractivity contribution in [2.75, 3.05) is 0 Å². The SMILES string of the molecule is O=C(/C=C/c1ccncc1)c1cc(Cl)ccc1O. The predicted molar refractivity (Wildman–Crippen MR) is 70.7 cm³/mol. The van der Waals surface area contributed by atoms with Crippen LogP contribution in [0.4, 0.5) is 0 Å². The summed E-state index contributed by atoms with van der Waals surface area (Å²) in [6.45, 7) is 0. The molecule has 0 aliphatic heterocycles. The van der Waals surface area contributed by atoms with Crippen molar-refractivity contribution in [1.29, 1.82) is 0 Å². The van der Waals surface area contributed by atoms with Gasteiger partial charge in [0.25, 0.3) is 0 Å². The molecule has 90 valence electrons. The van der Waals surface area contributed by atoms with Crippen molar-refractivity contribution in [2.24, 2.45) is 0 Å². The summed E-state index contributed by atoms with van der Waals surface area (Å²) in [4.78, 5) is 15.8. The third-order valence-electron chi connectivity index (χ3n) is 2.36. The zero-order valence-corrected chi connectivity index (χ0v) is 10.1. The first-order valence-corrected chi connectivity index (χ1v) is 5.65. The van der Waals surface area contributed by atoms with Gasteiger partial charge in [-0.15, -0.1) is 0 Å². The van der Waals surface area contributed by atoms with Crippen LogP contribution in [0.25, 0.3) is 6.08 Å². The first kappa shape index (κ1) is 12.3. The summed E-state index contributed by atoms with van der Waals surface area (Å²) in [5.41, 5.74) is 1.05. The number of pyridine rings is 1. The number of nitrogens with zero attached hydrogens (tertiary/aromatic N) is 1. The summed E-state index contributed by atoms with van der Waals surface area (Å²) in [6.07, 6.45) is 6.33. The summed E-state index contributed by atoms with van der Waals surface area (Å²) in [5, 5.41) is 9.99. The normalized spacial score (nSPS) is 10.7. The molecule has 4 heteroatoms. The number of phenols is 1. The topological polar surface area (TPSA) is 50.2 Å². The van der Waals surface area contributed by atoms with E-state index in [1.165, 1.54) is 24.3 Å². The van der Waals surface area contributed by atoms with E-state index in [2.05, 4.69) is 4.98 Å². The number of hydrogen-bond acceptors (Lipinski definition) is 3. The van der Waals surface area contributed by atoms with Gasteiger partial charge >= 0.3 is 0 Å². The van der Waals surface area contributed by atoms with Crippen LogP contribution < -0.4 is 0 Å². The van der Waals surface area contributed by atoms with E-state index in [9.17, 15) is 9.90 Å². The molecule has 3 nitrogen and oxygen atoms in total. The second-order valence-electron chi connectivity index (χ2n) is 3.64. The Morgan fingerprint density at radius 3 is 2.67 bits per heavy atom. The minimum atomic E-state index is -0.299. The molecule has 1 aromatic carbocycles. The molecule has 2 aromatic rings.